The van der Waals surface area contributed by atoms with Crippen LogP contribution in [0.3, 0.4) is 0 Å². The molecule has 10 heteroatoms. The molecule has 2 aliphatic carbocycles. The summed E-state index contributed by atoms with van der Waals surface area (Å²) < 4.78 is 12.6. The Morgan fingerprint density at radius 2 is 1.65 bits per heavy atom. The maximum absolute atomic E-state index is 13.6. The minimum atomic E-state index is -0.236. The van der Waals surface area contributed by atoms with E-state index in [-0.39, 0.29) is 18.4 Å². The van der Waals surface area contributed by atoms with Crippen LogP contribution in [-0.2, 0) is 22.7 Å². The van der Waals surface area contributed by atoms with E-state index in [4.69, 9.17) is 9.47 Å². The number of carbonyl (C=O) groups excluding carboxylic acids is 2. The fourth-order valence-electron chi connectivity index (χ4n) is 5.85. The summed E-state index contributed by atoms with van der Waals surface area (Å²) in [6, 6.07) is 6.23. The van der Waals surface area contributed by atoms with Crippen LogP contribution in [0.5, 0.6) is 11.5 Å². The molecule has 2 amide bonds. The van der Waals surface area contributed by atoms with Crippen molar-refractivity contribution in [1.82, 2.24) is 25.0 Å². The number of amides is 2. The van der Waals surface area contributed by atoms with Gasteiger partial charge in [0, 0.05) is 24.7 Å². The summed E-state index contributed by atoms with van der Waals surface area (Å²) in [6.45, 7) is 2.93. The molecule has 0 bridgehead atoms. The molecule has 9 nitrogen and oxygen atoms in total. The van der Waals surface area contributed by atoms with Crippen LogP contribution in [0.4, 0.5) is 0 Å². The van der Waals surface area contributed by atoms with E-state index in [0.717, 1.165) is 31.2 Å². The molecule has 0 spiro atoms. The van der Waals surface area contributed by atoms with Crippen LogP contribution >= 0.6 is 11.8 Å². The largest absolute Gasteiger partial charge is 0.493 e. The van der Waals surface area contributed by atoms with Crippen molar-refractivity contribution < 1.29 is 19.1 Å². The van der Waals surface area contributed by atoms with Gasteiger partial charge in [0.1, 0.15) is 0 Å². The standard InChI is InChI=1S/C30H43N5O4S/c1-4-34-27(20-31-28(36)18-16-22-15-17-25(38-2)26(19-22)39-3)32-33-30(34)40-21-29(37)35(23-11-7-5-8-12-23)24-13-9-6-10-14-24/h15-19,23-24H,4-14,20-21H2,1-3H3,(H,31,36)/b18-16+. The maximum Gasteiger partial charge on any atom is 0.244 e. The number of aromatic nitrogens is 3. The molecule has 2 aromatic rings. The van der Waals surface area contributed by atoms with Gasteiger partial charge in [-0.05, 0) is 56.4 Å². The van der Waals surface area contributed by atoms with Crippen molar-refractivity contribution in [2.24, 2.45) is 0 Å². The molecule has 2 saturated carbocycles. The first-order valence-corrected chi connectivity index (χ1v) is 15.6. The highest BCUT2D eigenvalue weighted by Gasteiger charge is 2.32. The van der Waals surface area contributed by atoms with Gasteiger partial charge in [0.2, 0.25) is 11.8 Å². The number of hydrogen-bond acceptors (Lipinski definition) is 7. The number of carbonyl (C=O) groups is 2. The molecular formula is C30H43N5O4S. The number of nitrogens with zero attached hydrogens (tertiary/aromatic N) is 4. The quantitative estimate of drug-likeness (QED) is 0.276. The number of methoxy groups -OCH3 is 2. The molecule has 0 aliphatic heterocycles. The fourth-order valence-corrected chi connectivity index (χ4v) is 6.74. The first-order valence-electron chi connectivity index (χ1n) is 14.6. The number of ether oxygens (including phenoxy) is 2. The van der Waals surface area contributed by atoms with Gasteiger partial charge in [-0.1, -0.05) is 56.4 Å². The number of rotatable bonds is 12. The Hall–Kier alpha value is -3.01. The van der Waals surface area contributed by atoms with E-state index in [0.29, 0.717) is 46.9 Å². The highest BCUT2D eigenvalue weighted by Crippen LogP contribution is 2.31. The fraction of sp³-hybridized carbons (Fsp3) is 0.600. The topological polar surface area (TPSA) is 98.6 Å². The van der Waals surface area contributed by atoms with E-state index < -0.39 is 0 Å². The molecule has 4 rings (SSSR count). The Kier molecular flexibility index (Phi) is 11.3. The molecule has 0 unspecified atom stereocenters. The molecule has 0 atom stereocenters. The lowest BCUT2D eigenvalue weighted by Crippen LogP contribution is -2.49. The first-order chi connectivity index (χ1) is 19.5. The Bertz CT molecular complexity index is 1140. The van der Waals surface area contributed by atoms with E-state index in [1.165, 1.54) is 56.4 Å². The van der Waals surface area contributed by atoms with Crippen LogP contribution in [0.25, 0.3) is 6.08 Å². The van der Waals surface area contributed by atoms with Crippen LogP contribution in [0.2, 0.25) is 0 Å². The van der Waals surface area contributed by atoms with Crippen molar-refractivity contribution in [3.8, 4) is 11.5 Å². The predicted octanol–water partition coefficient (Wildman–Crippen LogP) is 5.23. The van der Waals surface area contributed by atoms with E-state index >= 15 is 0 Å². The van der Waals surface area contributed by atoms with Gasteiger partial charge in [0.15, 0.2) is 22.5 Å². The van der Waals surface area contributed by atoms with Gasteiger partial charge >= 0.3 is 0 Å². The lowest BCUT2D eigenvalue weighted by atomic mass is 9.88. The zero-order valence-corrected chi connectivity index (χ0v) is 24.9. The van der Waals surface area contributed by atoms with Crippen molar-refractivity contribution in [1.29, 1.82) is 0 Å². The summed E-state index contributed by atoms with van der Waals surface area (Å²) in [5, 5.41) is 12.3. The van der Waals surface area contributed by atoms with Gasteiger partial charge in [-0.15, -0.1) is 10.2 Å². The smallest absolute Gasteiger partial charge is 0.244 e. The molecule has 1 aromatic carbocycles. The SMILES string of the molecule is CCn1c(CNC(=O)/C=C/c2ccc(OC)c(OC)c2)nnc1SCC(=O)N(C1CCCCC1)C1CCCCC1. The number of hydrogen-bond donors (Lipinski definition) is 1. The summed E-state index contributed by atoms with van der Waals surface area (Å²) in [5.41, 5.74) is 0.823. The second-order valence-corrected chi connectivity index (χ2v) is 11.4. The Morgan fingerprint density at radius 3 is 2.25 bits per heavy atom. The van der Waals surface area contributed by atoms with Gasteiger partial charge < -0.3 is 24.3 Å². The highest BCUT2D eigenvalue weighted by molar-refractivity contribution is 7.99. The third-order valence-electron chi connectivity index (χ3n) is 7.91. The summed E-state index contributed by atoms with van der Waals surface area (Å²) in [6.07, 6.45) is 15.1. The second kappa shape index (κ2) is 15.1. The minimum absolute atomic E-state index is 0.226. The molecular weight excluding hydrogens is 526 g/mol. The van der Waals surface area contributed by atoms with Gasteiger partial charge in [-0.25, -0.2) is 0 Å². The molecule has 2 fully saturated rings. The Balaban J connectivity index is 1.33. The zero-order chi connectivity index (χ0) is 28.3. The van der Waals surface area contributed by atoms with Crippen LogP contribution in [0.15, 0.2) is 29.4 Å². The van der Waals surface area contributed by atoms with E-state index in [2.05, 4.69) is 20.4 Å². The summed E-state index contributed by atoms with van der Waals surface area (Å²) in [4.78, 5) is 28.3. The number of nitrogens with one attached hydrogen (secondary N) is 1. The van der Waals surface area contributed by atoms with Crippen LogP contribution in [0, 0.1) is 0 Å². The third-order valence-corrected chi connectivity index (χ3v) is 8.87. The van der Waals surface area contributed by atoms with Gasteiger partial charge in [-0.3, -0.25) is 9.59 Å². The summed E-state index contributed by atoms with van der Waals surface area (Å²) in [5.74, 6) is 2.26. The minimum Gasteiger partial charge on any atom is -0.493 e. The molecule has 0 radical (unpaired) electrons. The van der Waals surface area contributed by atoms with Gasteiger partial charge in [0.05, 0.1) is 26.5 Å². The van der Waals surface area contributed by atoms with Gasteiger partial charge in [-0.2, -0.15) is 0 Å². The molecule has 40 heavy (non-hydrogen) atoms. The average molecular weight is 570 g/mol. The predicted molar refractivity (Wildman–Crippen MR) is 157 cm³/mol. The molecule has 218 valence electrons. The molecule has 1 N–H and O–H groups in total. The number of benzene rings is 1. The van der Waals surface area contributed by atoms with Crippen molar-refractivity contribution in [2.45, 2.75) is 101 Å². The molecule has 1 heterocycles. The van der Waals surface area contributed by atoms with Crippen LogP contribution in [0.1, 0.15) is 82.5 Å². The molecule has 2 aliphatic rings. The maximum atomic E-state index is 13.6. The van der Waals surface area contributed by atoms with E-state index in [9.17, 15) is 9.59 Å². The Labute approximate surface area is 242 Å². The number of thioether (sulfide) groups is 1. The highest BCUT2D eigenvalue weighted by atomic mass is 32.2. The summed E-state index contributed by atoms with van der Waals surface area (Å²) in [7, 11) is 3.16. The van der Waals surface area contributed by atoms with E-state index in [1.54, 1.807) is 26.4 Å². The lowest BCUT2D eigenvalue weighted by Gasteiger charge is -2.41. The Morgan fingerprint density at radius 1 is 1.00 bits per heavy atom. The average Bonchev–Trinajstić information content (AvgIpc) is 3.40. The monoisotopic (exact) mass is 569 g/mol. The van der Waals surface area contributed by atoms with Crippen molar-refractivity contribution in [3.63, 3.8) is 0 Å². The van der Waals surface area contributed by atoms with Crippen molar-refractivity contribution in [3.05, 3.63) is 35.7 Å². The van der Waals surface area contributed by atoms with Crippen molar-refractivity contribution in [2.75, 3.05) is 20.0 Å². The molecule has 0 saturated heterocycles. The normalized spacial score (nSPS) is 16.7. The second-order valence-electron chi connectivity index (χ2n) is 10.5. The van der Waals surface area contributed by atoms with Crippen molar-refractivity contribution >= 4 is 29.7 Å². The third kappa shape index (κ3) is 7.80. The first kappa shape index (κ1) is 30.0. The molecule has 1 aromatic heterocycles. The zero-order valence-electron chi connectivity index (χ0n) is 24.1. The van der Waals surface area contributed by atoms with E-state index in [1.807, 2.05) is 23.6 Å². The van der Waals surface area contributed by atoms with Crippen LogP contribution in [-0.4, -0.2) is 63.5 Å². The van der Waals surface area contributed by atoms with Crippen LogP contribution < -0.4 is 14.8 Å². The lowest BCUT2D eigenvalue weighted by molar-refractivity contribution is -0.135. The van der Waals surface area contributed by atoms with Gasteiger partial charge in [0.25, 0.3) is 0 Å². The summed E-state index contributed by atoms with van der Waals surface area (Å²) >= 11 is 1.45.